The number of methoxy groups -OCH3 is 1. The first kappa shape index (κ1) is 27.0. The molecular formula is C29H23ClFNO5S. The van der Waals surface area contributed by atoms with E-state index in [9.17, 15) is 14.4 Å². The number of nitrogens with zero attached hydrogens (tertiary/aromatic N) is 1. The first-order valence-corrected chi connectivity index (χ1v) is 12.8. The summed E-state index contributed by atoms with van der Waals surface area (Å²) in [5, 5.41) is 1.93. The predicted octanol–water partition coefficient (Wildman–Crippen LogP) is 7.11. The lowest BCUT2D eigenvalue weighted by Gasteiger charge is -2.22. The number of carbonyl (C=O) groups excluding carboxylic acids is 3. The fourth-order valence-electron chi connectivity index (χ4n) is 3.77. The van der Waals surface area contributed by atoms with Crippen molar-refractivity contribution >= 4 is 46.6 Å². The summed E-state index contributed by atoms with van der Waals surface area (Å²) in [5.41, 5.74) is 1.68. The molecule has 38 heavy (non-hydrogen) atoms. The molecule has 0 bridgehead atoms. The molecule has 0 saturated carbocycles. The van der Waals surface area contributed by atoms with Crippen LogP contribution in [0.5, 0.6) is 0 Å². The Labute approximate surface area is 228 Å². The van der Waals surface area contributed by atoms with Crippen molar-refractivity contribution in [1.29, 1.82) is 0 Å². The lowest BCUT2D eigenvalue weighted by molar-refractivity contribution is -0.122. The summed E-state index contributed by atoms with van der Waals surface area (Å²) in [6, 6.07) is 24.1. The van der Waals surface area contributed by atoms with Gasteiger partial charge in [0.25, 0.3) is 5.91 Å². The molecule has 0 N–H and O–H groups in total. The van der Waals surface area contributed by atoms with Crippen molar-refractivity contribution in [3.63, 3.8) is 0 Å². The van der Waals surface area contributed by atoms with Crippen LogP contribution in [0.2, 0.25) is 5.02 Å². The van der Waals surface area contributed by atoms with E-state index < -0.39 is 24.1 Å². The Morgan fingerprint density at radius 2 is 1.53 bits per heavy atom. The number of amides is 2. The van der Waals surface area contributed by atoms with Crippen LogP contribution in [0, 0.1) is 0 Å². The van der Waals surface area contributed by atoms with Crippen LogP contribution in [-0.2, 0) is 27.3 Å². The molecule has 0 fully saturated rings. The summed E-state index contributed by atoms with van der Waals surface area (Å²) in [6.45, 7) is -0.152. The molecule has 0 saturated heterocycles. The normalized spacial score (nSPS) is 11.4. The highest BCUT2D eigenvalue weighted by Crippen LogP contribution is 2.39. The van der Waals surface area contributed by atoms with Gasteiger partial charge in [-0.1, -0.05) is 84.4 Å². The molecule has 4 aromatic rings. The number of thiophene rings is 1. The van der Waals surface area contributed by atoms with Crippen molar-refractivity contribution < 1.29 is 28.2 Å². The average molecular weight is 552 g/mol. The van der Waals surface area contributed by atoms with E-state index >= 15 is 4.39 Å². The van der Waals surface area contributed by atoms with Gasteiger partial charge < -0.3 is 9.47 Å². The van der Waals surface area contributed by atoms with Gasteiger partial charge in [-0.2, -0.15) is 0 Å². The molecule has 1 aromatic heterocycles. The SMILES string of the molecule is COC(=O)c1c(N(C(=O)OCc2ccccc2)C(=O)C(F)Cc2ccccc2)csc1-c1ccc(Cl)cc1. The lowest BCUT2D eigenvalue weighted by atomic mass is 10.1. The number of imide groups is 1. The summed E-state index contributed by atoms with van der Waals surface area (Å²) in [4.78, 5) is 40.7. The lowest BCUT2D eigenvalue weighted by Crippen LogP contribution is -2.43. The van der Waals surface area contributed by atoms with Gasteiger partial charge in [-0.05, 0) is 28.8 Å². The van der Waals surface area contributed by atoms with E-state index in [4.69, 9.17) is 21.1 Å². The smallest absolute Gasteiger partial charge is 0.421 e. The highest BCUT2D eigenvalue weighted by molar-refractivity contribution is 7.14. The van der Waals surface area contributed by atoms with Crippen molar-refractivity contribution in [3.05, 3.63) is 112 Å². The molecule has 0 aliphatic carbocycles. The van der Waals surface area contributed by atoms with Crippen molar-refractivity contribution in [2.45, 2.75) is 19.2 Å². The summed E-state index contributed by atoms with van der Waals surface area (Å²) in [7, 11) is 1.18. The fraction of sp³-hybridized carbons (Fsp3) is 0.138. The number of carbonyl (C=O) groups is 3. The molecule has 0 spiro atoms. The number of benzene rings is 3. The quantitative estimate of drug-likeness (QED) is 0.218. The van der Waals surface area contributed by atoms with E-state index in [1.165, 1.54) is 12.5 Å². The van der Waals surface area contributed by atoms with Gasteiger partial charge in [-0.15, -0.1) is 11.3 Å². The molecule has 0 aliphatic heterocycles. The van der Waals surface area contributed by atoms with E-state index in [0.717, 1.165) is 11.3 Å². The van der Waals surface area contributed by atoms with E-state index in [1.807, 2.05) is 6.07 Å². The van der Waals surface area contributed by atoms with Gasteiger partial charge in [-0.3, -0.25) is 4.79 Å². The Kier molecular flexibility index (Phi) is 8.89. The van der Waals surface area contributed by atoms with Crippen LogP contribution in [0.15, 0.2) is 90.3 Å². The number of hydrogen-bond donors (Lipinski definition) is 0. The predicted molar refractivity (Wildman–Crippen MR) is 145 cm³/mol. The van der Waals surface area contributed by atoms with Gasteiger partial charge in [0.15, 0.2) is 6.17 Å². The van der Waals surface area contributed by atoms with Crippen LogP contribution in [0.1, 0.15) is 21.5 Å². The van der Waals surface area contributed by atoms with Crippen LogP contribution in [0.3, 0.4) is 0 Å². The Bertz CT molecular complexity index is 1410. The van der Waals surface area contributed by atoms with E-state index in [0.29, 0.717) is 31.5 Å². The minimum atomic E-state index is -2.08. The topological polar surface area (TPSA) is 72.9 Å². The number of ether oxygens (including phenoxy) is 2. The molecule has 1 unspecified atom stereocenters. The molecule has 194 valence electrons. The molecule has 1 heterocycles. The van der Waals surface area contributed by atoms with Crippen LogP contribution in [-0.4, -0.2) is 31.3 Å². The number of rotatable bonds is 8. The van der Waals surface area contributed by atoms with Gasteiger partial charge in [-0.25, -0.2) is 18.9 Å². The summed E-state index contributed by atoms with van der Waals surface area (Å²) < 4.78 is 25.8. The molecular weight excluding hydrogens is 529 g/mol. The summed E-state index contributed by atoms with van der Waals surface area (Å²) in [5.74, 6) is -1.95. The zero-order chi connectivity index (χ0) is 27.1. The molecule has 4 rings (SSSR count). The minimum absolute atomic E-state index is 0.0586. The van der Waals surface area contributed by atoms with E-state index in [2.05, 4.69) is 0 Å². The minimum Gasteiger partial charge on any atom is -0.465 e. The van der Waals surface area contributed by atoms with Gasteiger partial charge in [0, 0.05) is 16.8 Å². The monoisotopic (exact) mass is 551 g/mol. The molecule has 0 aliphatic rings. The van der Waals surface area contributed by atoms with E-state index in [-0.39, 0.29) is 24.3 Å². The number of hydrogen-bond acceptors (Lipinski definition) is 6. The summed E-state index contributed by atoms with van der Waals surface area (Å²) >= 11 is 7.11. The molecule has 6 nitrogen and oxygen atoms in total. The highest BCUT2D eigenvalue weighted by Gasteiger charge is 2.36. The third-order valence-electron chi connectivity index (χ3n) is 5.64. The van der Waals surface area contributed by atoms with Gasteiger partial charge in [0.1, 0.15) is 12.2 Å². The van der Waals surface area contributed by atoms with Crippen LogP contribution in [0.4, 0.5) is 14.9 Å². The van der Waals surface area contributed by atoms with Crippen molar-refractivity contribution in [2.75, 3.05) is 12.0 Å². The maximum Gasteiger partial charge on any atom is 0.421 e. The highest BCUT2D eigenvalue weighted by atomic mass is 35.5. The fourth-order valence-corrected chi connectivity index (χ4v) is 4.92. The largest absolute Gasteiger partial charge is 0.465 e. The van der Waals surface area contributed by atoms with Crippen molar-refractivity contribution in [3.8, 4) is 10.4 Å². The second kappa shape index (κ2) is 12.5. The standard InChI is InChI=1S/C29H23ClFNO5S/c1-36-28(34)25-24(18-38-26(25)21-12-14-22(30)15-13-21)32(29(35)37-17-20-10-6-3-7-11-20)27(33)23(31)16-19-8-4-2-5-9-19/h2-15,18,23H,16-17H2,1H3. The first-order chi connectivity index (χ1) is 18.4. The Hall–Kier alpha value is -4.01. The van der Waals surface area contributed by atoms with Gasteiger partial charge in [0.05, 0.1) is 17.7 Å². The van der Waals surface area contributed by atoms with E-state index in [1.54, 1.807) is 78.9 Å². The number of halogens is 2. The molecule has 0 radical (unpaired) electrons. The number of anilines is 1. The van der Waals surface area contributed by atoms with Crippen LogP contribution in [0.25, 0.3) is 10.4 Å². The maximum absolute atomic E-state index is 15.4. The average Bonchev–Trinajstić information content (AvgIpc) is 3.37. The van der Waals surface area contributed by atoms with Crippen LogP contribution >= 0.6 is 22.9 Å². The molecule has 1 atom stereocenters. The number of alkyl halides is 1. The van der Waals surface area contributed by atoms with Crippen LogP contribution < -0.4 is 4.90 Å². The second-order valence-corrected chi connectivity index (χ2v) is 9.51. The Morgan fingerprint density at radius 1 is 0.921 bits per heavy atom. The number of esters is 1. The third kappa shape index (κ3) is 6.27. The first-order valence-electron chi connectivity index (χ1n) is 11.6. The zero-order valence-electron chi connectivity index (χ0n) is 20.3. The molecule has 9 heteroatoms. The van der Waals surface area contributed by atoms with Gasteiger partial charge in [0.2, 0.25) is 0 Å². The van der Waals surface area contributed by atoms with Crippen molar-refractivity contribution in [1.82, 2.24) is 0 Å². The van der Waals surface area contributed by atoms with Crippen molar-refractivity contribution in [2.24, 2.45) is 0 Å². The molecule has 3 aromatic carbocycles. The molecule has 2 amide bonds. The van der Waals surface area contributed by atoms with Gasteiger partial charge >= 0.3 is 12.1 Å². The summed E-state index contributed by atoms with van der Waals surface area (Å²) in [6.07, 6.45) is -3.45. The Balaban J connectivity index is 1.74. The zero-order valence-corrected chi connectivity index (χ0v) is 21.9. The third-order valence-corrected chi connectivity index (χ3v) is 6.91. The Morgan fingerprint density at radius 3 is 2.13 bits per heavy atom. The maximum atomic E-state index is 15.4. The second-order valence-electron chi connectivity index (χ2n) is 8.19.